The van der Waals surface area contributed by atoms with Crippen LogP contribution in [0.1, 0.15) is 34.6 Å². The first-order chi connectivity index (χ1) is 6.23. The average Bonchev–Trinajstić information content (AvgIpc) is 2.14. The van der Waals surface area contributed by atoms with E-state index in [1.807, 2.05) is 27.7 Å². The fourth-order valence-corrected chi connectivity index (χ4v) is 1.64. The van der Waals surface area contributed by atoms with E-state index < -0.39 is 11.4 Å². The average molecular weight is 202 g/mol. The van der Waals surface area contributed by atoms with Gasteiger partial charge in [0.2, 0.25) is 0 Å². The molecular formula is C10H18O4. The Bertz CT molecular complexity index is 232. The summed E-state index contributed by atoms with van der Waals surface area (Å²) >= 11 is 0. The van der Waals surface area contributed by atoms with Crippen molar-refractivity contribution < 1.29 is 19.0 Å². The molecule has 0 unspecified atom stereocenters. The van der Waals surface area contributed by atoms with E-state index in [1.165, 1.54) is 6.92 Å². The lowest BCUT2D eigenvalue weighted by molar-refractivity contribution is -0.163. The van der Waals surface area contributed by atoms with Gasteiger partial charge in [-0.3, -0.25) is 4.79 Å². The van der Waals surface area contributed by atoms with E-state index in [4.69, 9.17) is 14.2 Å². The standard InChI is InChI=1S/C10H18O4/c1-7(11)12-6-8-9(2,3)14-10(4,5)13-8/h8H,6H2,1-5H3/t8-/m0/s1. The van der Waals surface area contributed by atoms with Gasteiger partial charge in [0.15, 0.2) is 5.79 Å². The highest BCUT2D eigenvalue weighted by atomic mass is 16.8. The molecule has 82 valence electrons. The largest absolute Gasteiger partial charge is 0.463 e. The maximum Gasteiger partial charge on any atom is 0.302 e. The fourth-order valence-electron chi connectivity index (χ4n) is 1.64. The quantitative estimate of drug-likeness (QED) is 0.636. The molecule has 0 amide bonds. The van der Waals surface area contributed by atoms with Gasteiger partial charge >= 0.3 is 5.97 Å². The molecule has 0 saturated carbocycles. The molecule has 0 aromatic rings. The number of esters is 1. The molecule has 4 heteroatoms. The van der Waals surface area contributed by atoms with E-state index in [9.17, 15) is 4.79 Å². The van der Waals surface area contributed by atoms with Crippen LogP contribution in [0.2, 0.25) is 0 Å². The highest BCUT2D eigenvalue weighted by Gasteiger charge is 2.47. The highest BCUT2D eigenvalue weighted by Crippen LogP contribution is 2.35. The summed E-state index contributed by atoms with van der Waals surface area (Å²) in [5.74, 6) is -0.900. The summed E-state index contributed by atoms with van der Waals surface area (Å²) in [6.45, 7) is 9.18. The Kier molecular flexibility index (Phi) is 2.88. The molecule has 1 aliphatic heterocycles. The first-order valence-electron chi connectivity index (χ1n) is 4.74. The van der Waals surface area contributed by atoms with Crippen molar-refractivity contribution in [1.82, 2.24) is 0 Å². The zero-order chi connectivity index (χ0) is 11.0. The Balaban J connectivity index is 2.57. The van der Waals surface area contributed by atoms with Crippen LogP contribution in [0.15, 0.2) is 0 Å². The fraction of sp³-hybridized carbons (Fsp3) is 0.900. The first-order valence-corrected chi connectivity index (χ1v) is 4.74. The van der Waals surface area contributed by atoms with Crippen molar-refractivity contribution in [1.29, 1.82) is 0 Å². The number of hydrogen-bond acceptors (Lipinski definition) is 4. The van der Waals surface area contributed by atoms with Gasteiger partial charge in [0.25, 0.3) is 0 Å². The molecule has 0 aromatic carbocycles. The molecule has 0 N–H and O–H groups in total. The van der Waals surface area contributed by atoms with E-state index in [1.54, 1.807) is 0 Å². The molecule has 1 aliphatic rings. The van der Waals surface area contributed by atoms with Crippen LogP contribution < -0.4 is 0 Å². The molecule has 0 radical (unpaired) electrons. The summed E-state index contributed by atoms with van der Waals surface area (Å²) in [6, 6.07) is 0. The third kappa shape index (κ3) is 2.69. The zero-order valence-corrected chi connectivity index (χ0v) is 9.42. The topological polar surface area (TPSA) is 44.8 Å². The van der Waals surface area contributed by atoms with Crippen molar-refractivity contribution >= 4 is 5.97 Å². The van der Waals surface area contributed by atoms with Crippen LogP contribution in [0, 0.1) is 0 Å². The van der Waals surface area contributed by atoms with Crippen LogP contribution in [0.5, 0.6) is 0 Å². The van der Waals surface area contributed by atoms with Crippen LogP contribution >= 0.6 is 0 Å². The second-order valence-corrected chi connectivity index (χ2v) is 4.51. The number of rotatable bonds is 2. The van der Waals surface area contributed by atoms with Gasteiger partial charge in [-0.1, -0.05) is 0 Å². The number of ether oxygens (including phenoxy) is 3. The molecule has 4 nitrogen and oxygen atoms in total. The third-order valence-electron chi connectivity index (χ3n) is 2.15. The Labute approximate surface area is 84.5 Å². The minimum atomic E-state index is -0.603. The van der Waals surface area contributed by atoms with Gasteiger partial charge in [0.05, 0.1) is 5.60 Å². The molecule has 0 spiro atoms. The summed E-state index contributed by atoms with van der Waals surface area (Å²) in [4.78, 5) is 10.7. The van der Waals surface area contributed by atoms with Gasteiger partial charge in [-0.15, -0.1) is 0 Å². The van der Waals surface area contributed by atoms with Crippen molar-refractivity contribution in [3.05, 3.63) is 0 Å². The summed E-state index contributed by atoms with van der Waals surface area (Å²) in [5, 5.41) is 0. The van der Waals surface area contributed by atoms with E-state index in [0.717, 1.165) is 0 Å². The minimum Gasteiger partial charge on any atom is -0.463 e. The molecule has 1 fully saturated rings. The maximum atomic E-state index is 10.7. The molecule has 1 heterocycles. The number of hydrogen-bond donors (Lipinski definition) is 0. The Morgan fingerprint density at radius 2 is 1.93 bits per heavy atom. The molecule has 1 rings (SSSR count). The lowest BCUT2D eigenvalue weighted by atomic mass is 10.0. The van der Waals surface area contributed by atoms with Crippen LogP contribution in [0.25, 0.3) is 0 Å². The molecule has 14 heavy (non-hydrogen) atoms. The van der Waals surface area contributed by atoms with E-state index >= 15 is 0 Å². The van der Waals surface area contributed by atoms with Crippen LogP contribution in [-0.2, 0) is 19.0 Å². The Morgan fingerprint density at radius 3 is 2.29 bits per heavy atom. The molecule has 0 aliphatic carbocycles. The summed E-state index contributed by atoms with van der Waals surface area (Å²) in [5.41, 5.74) is -0.418. The lowest BCUT2D eigenvalue weighted by Crippen LogP contribution is -2.37. The minimum absolute atomic E-state index is 0.207. The molecular weight excluding hydrogens is 184 g/mol. The van der Waals surface area contributed by atoms with Crippen molar-refractivity contribution in [3.63, 3.8) is 0 Å². The lowest BCUT2D eigenvalue weighted by Gasteiger charge is -2.23. The normalized spacial score (nSPS) is 28.8. The van der Waals surface area contributed by atoms with Gasteiger partial charge in [0, 0.05) is 6.92 Å². The van der Waals surface area contributed by atoms with Gasteiger partial charge in [-0.05, 0) is 27.7 Å². The SMILES string of the molecule is CC(=O)OC[C@@H]1OC(C)(C)OC1(C)C. The predicted octanol–water partition coefficient (Wildman–Crippen LogP) is 1.48. The second kappa shape index (κ2) is 3.51. The Morgan fingerprint density at radius 1 is 1.36 bits per heavy atom. The third-order valence-corrected chi connectivity index (χ3v) is 2.15. The number of carbonyl (C=O) groups excluding carboxylic acids is 1. The van der Waals surface area contributed by atoms with Gasteiger partial charge < -0.3 is 14.2 Å². The summed E-state index contributed by atoms with van der Waals surface area (Å²) in [6.07, 6.45) is -0.207. The molecule has 0 bridgehead atoms. The zero-order valence-electron chi connectivity index (χ0n) is 9.42. The summed E-state index contributed by atoms with van der Waals surface area (Å²) < 4.78 is 16.2. The monoisotopic (exact) mass is 202 g/mol. The first kappa shape index (κ1) is 11.5. The maximum absolute atomic E-state index is 10.7. The van der Waals surface area contributed by atoms with Crippen molar-refractivity contribution in [2.75, 3.05) is 6.61 Å². The summed E-state index contributed by atoms with van der Waals surface area (Å²) in [7, 11) is 0. The predicted molar refractivity (Wildman–Crippen MR) is 50.7 cm³/mol. The molecule has 1 atom stereocenters. The van der Waals surface area contributed by atoms with Gasteiger partial charge in [-0.2, -0.15) is 0 Å². The van der Waals surface area contributed by atoms with E-state index in [2.05, 4.69) is 0 Å². The molecule has 1 saturated heterocycles. The Hall–Kier alpha value is -0.610. The van der Waals surface area contributed by atoms with Gasteiger partial charge in [0.1, 0.15) is 12.7 Å². The van der Waals surface area contributed by atoms with E-state index in [0.29, 0.717) is 0 Å². The highest BCUT2D eigenvalue weighted by molar-refractivity contribution is 5.65. The smallest absolute Gasteiger partial charge is 0.302 e. The second-order valence-electron chi connectivity index (χ2n) is 4.51. The van der Waals surface area contributed by atoms with E-state index in [-0.39, 0.29) is 18.7 Å². The van der Waals surface area contributed by atoms with Crippen molar-refractivity contribution in [3.8, 4) is 0 Å². The number of carbonyl (C=O) groups is 1. The van der Waals surface area contributed by atoms with Crippen molar-refractivity contribution in [2.45, 2.75) is 52.1 Å². The van der Waals surface area contributed by atoms with Crippen molar-refractivity contribution in [2.24, 2.45) is 0 Å². The van der Waals surface area contributed by atoms with Crippen LogP contribution in [0.3, 0.4) is 0 Å². The van der Waals surface area contributed by atoms with Crippen LogP contribution in [-0.4, -0.2) is 30.1 Å². The van der Waals surface area contributed by atoms with Gasteiger partial charge in [-0.25, -0.2) is 0 Å². The molecule has 0 aromatic heterocycles. The van der Waals surface area contributed by atoms with Crippen LogP contribution in [0.4, 0.5) is 0 Å².